The van der Waals surface area contributed by atoms with E-state index in [-0.39, 0.29) is 11.8 Å². The number of fused-ring (bicyclic) bond motifs is 1. The van der Waals surface area contributed by atoms with Gasteiger partial charge in [-0.2, -0.15) is 0 Å². The predicted octanol–water partition coefficient (Wildman–Crippen LogP) is 3.37. The summed E-state index contributed by atoms with van der Waals surface area (Å²) in [4.78, 5) is 12.2. The topological polar surface area (TPSA) is 55.1 Å². The number of amides is 1. The largest absolute Gasteiger partial charge is 0.361 e. The van der Waals surface area contributed by atoms with E-state index in [9.17, 15) is 4.79 Å². The maximum atomic E-state index is 12.2. The van der Waals surface area contributed by atoms with Gasteiger partial charge in [-0.3, -0.25) is 4.79 Å². The van der Waals surface area contributed by atoms with Crippen molar-refractivity contribution in [2.24, 2.45) is 5.92 Å². The van der Waals surface area contributed by atoms with Crippen LogP contribution in [0.15, 0.2) is 34.9 Å². The first-order valence-corrected chi connectivity index (χ1v) is 7.56. The number of nitrogens with zero attached hydrogens (tertiary/aromatic N) is 1. The molecule has 1 heterocycles. The maximum Gasteiger partial charge on any atom is 0.227 e. The van der Waals surface area contributed by atoms with Crippen LogP contribution in [0.5, 0.6) is 0 Å². The lowest BCUT2D eigenvalue weighted by Gasteiger charge is -2.13. The summed E-state index contributed by atoms with van der Waals surface area (Å²) in [7, 11) is 0. The van der Waals surface area contributed by atoms with Crippen LogP contribution < -0.4 is 5.32 Å². The molecule has 0 bridgehead atoms. The molecule has 1 atom stereocenters. The number of aryl methyl sites for hydroxylation is 1. The standard InChI is InChI=1S/C17H20N2O2/c1-12(17(20)18-13-7-3-2-4-8-13)11-15-14-9-5-6-10-16(14)21-19-15/h2-4,7-8,12H,5-6,9-11H2,1H3,(H,18,20)/t12-/m1/s1. The third kappa shape index (κ3) is 3.15. The number of nitrogens with one attached hydrogen (secondary N) is 1. The van der Waals surface area contributed by atoms with Gasteiger partial charge in [-0.1, -0.05) is 30.3 Å². The molecule has 4 nitrogen and oxygen atoms in total. The molecular formula is C17H20N2O2. The van der Waals surface area contributed by atoms with E-state index in [1.165, 1.54) is 18.4 Å². The zero-order valence-corrected chi connectivity index (χ0v) is 12.3. The molecule has 1 aliphatic carbocycles. The molecule has 0 fully saturated rings. The Kier molecular flexibility index (Phi) is 4.04. The molecule has 0 saturated heterocycles. The van der Waals surface area contributed by atoms with Crippen molar-refractivity contribution in [1.29, 1.82) is 0 Å². The van der Waals surface area contributed by atoms with Gasteiger partial charge >= 0.3 is 0 Å². The fraction of sp³-hybridized carbons (Fsp3) is 0.412. The van der Waals surface area contributed by atoms with Crippen LogP contribution in [0.1, 0.15) is 36.8 Å². The van der Waals surface area contributed by atoms with Gasteiger partial charge in [0.2, 0.25) is 5.91 Å². The van der Waals surface area contributed by atoms with Crippen LogP contribution >= 0.6 is 0 Å². The average molecular weight is 284 g/mol. The van der Waals surface area contributed by atoms with E-state index in [1.54, 1.807) is 0 Å². The minimum absolute atomic E-state index is 0.0220. The summed E-state index contributed by atoms with van der Waals surface area (Å²) in [6.45, 7) is 1.93. The lowest BCUT2D eigenvalue weighted by atomic mass is 9.93. The summed E-state index contributed by atoms with van der Waals surface area (Å²) in [6, 6.07) is 9.54. The molecule has 0 spiro atoms. The zero-order valence-electron chi connectivity index (χ0n) is 12.3. The number of para-hydroxylation sites is 1. The van der Waals surface area contributed by atoms with E-state index in [0.717, 1.165) is 30.0 Å². The van der Waals surface area contributed by atoms with Gasteiger partial charge in [0, 0.05) is 30.0 Å². The van der Waals surface area contributed by atoms with E-state index in [0.29, 0.717) is 6.42 Å². The SMILES string of the molecule is C[C@H](Cc1noc2c1CCCC2)C(=O)Nc1ccccc1. The number of aromatic nitrogens is 1. The van der Waals surface area contributed by atoms with Crippen molar-refractivity contribution in [2.45, 2.75) is 39.0 Å². The first kappa shape index (κ1) is 13.9. The fourth-order valence-electron chi connectivity index (χ4n) is 2.78. The van der Waals surface area contributed by atoms with Gasteiger partial charge in [0.05, 0.1) is 5.69 Å². The molecule has 1 N–H and O–H groups in total. The molecule has 21 heavy (non-hydrogen) atoms. The molecule has 0 radical (unpaired) electrons. The van der Waals surface area contributed by atoms with Crippen LogP contribution in [-0.2, 0) is 24.1 Å². The third-order valence-corrected chi connectivity index (χ3v) is 4.02. The molecule has 0 aliphatic heterocycles. The average Bonchev–Trinajstić information content (AvgIpc) is 2.91. The van der Waals surface area contributed by atoms with E-state index in [4.69, 9.17) is 4.52 Å². The van der Waals surface area contributed by atoms with Crippen molar-refractivity contribution >= 4 is 11.6 Å². The maximum absolute atomic E-state index is 12.2. The molecule has 110 valence electrons. The zero-order chi connectivity index (χ0) is 14.7. The number of anilines is 1. The van der Waals surface area contributed by atoms with Gasteiger partial charge in [0.25, 0.3) is 0 Å². The van der Waals surface area contributed by atoms with Gasteiger partial charge in [-0.05, 0) is 31.4 Å². The van der Waals surface area contributed by atoms with Crippen LogP contribution in [0, 0.1) is 5.92 Å². The lowest BCUT2D eigenvalue weighted by Crippen LogP contribution is -2.22. The molecule has 0 unspecified atom stereocenters. The van der Waals surface area contributed by atoms with E-state index < -0.39 is 0 Å². The van der Waals surface area contributed by atoms with Gasteiger partial charge in [-0.25, -0.2) is 0 Å². The number of rotatable bonds is 4. The summed E-state index contributed by atoms with van der Waals surface area (Å²) in [5, 5.41) is 7.11. The van der Waals surface area contributed by atoms with Gasteiger partial charge < -0.3 is 9.84 Å². The van der Waals surface area contributed by atoms with Crippen molar-refractivity contribution in [1.82, 2.24) is 5.16 Å². The van der Waals surface area contributed by atoms with Crippen molar-refractivity contribution in [3.63, 3.8) is 0 Å². The first-order chi connectivity index (χ1) is 10.2. The molecule has 1 aromatic heterocycles. The van der Waals surface area contributed by atoms with Crippen molar-refractivity contribution in [3.05, 3.63) is 47.3 Å². The Hall–Kier alpha value is -2.10. The predicted molar refractivity (Wildman–Crippen MR) is 81.1 cm³/mol. The Labute approximate surface area is 124 Å². The van der Waals surface area contributed by atoms with Crippen LogP contribution in [0.4, 0.5) is 5.69 Å². The Morgan fingerprint density at radius 3 is 2.86 bits per heavy atom. The summed E-state index contributed by atoms with van der Waals surface area (Å²) in [5.74, 6) is 0.919. The highest BCUT2D eigenvalue weighted by molar-refractivity contribution is 5.92. The molecular weight excluding hydrogens is 264 g/mol. The minimum atomic E-state index is -0.124. The number of carbonyl (C=O) groups excluding carboxylic acids is 1. The number of carbonyl (C=O) groups is 1. The monoisotopic (exact) mass is 284 g/mol. The minimum Gasteiger partial charge on any atom is -0.361 e. The van der Waals surface area contributed by atoms with E-state index in [1.807, 2.05) is 37.3 Å². The summed E-state index contributed by atoms with van der Waals surface area (Å²) in [5.41, 5.74) is 3.03. The Bertz CT molecular complexity index is 619. The quantitative estimate of drug-likeness (QED) is 0.936. The number of benzene rings is 1. The Morgan fingerprint density at radius 1 is 1.29 bits per heavy atom. The fourth-order valence-corrected chi connectivity index (χ4v) is 2.78. The lowest BCUT2D eigenvalue weighted by molar-refractivity contribution is -0.119. The highest BCUT2D eigenvalue weighted by atomic mass is 16.5. The van der Waals surface area contributed by atoms with Crippen LogP contribution in [0.25, 0.3) is 0 Å². The van der Waals surface area contributed by atoms with Gasteiger partial charge in [0.1, 0.15) is 5.76 Å². The molecule has 1 aliphatic rings. The second kappa shape index (κ2) is 6.12. The van der Waals surface area contributed by atoms with Crippen LogP contribution in [0.3, 0.4) is 0 Å². The second-order valence-electron chi connectivity index (χ2n) is 5.70. The second-order valence-corrected chi connectivity index (χ2v) is 5.70. The first-order valence-electron chi connectivity index (χ1n) is 7.56. The molecule has 1 aromatic carbocycles. The highest BCUT2D eigenvalue weighted by Crippen LogP contribution is 2.26. The van der Waals surface area contributed by atoms with Crippen molar-refractivity contribution < 1.29 is 9.32 Å². The third-order valence-electron chi connectivity index (χ3n) is 4.02. The van der Waals surface area contributed by atoms with Crippen molar-refractivity contribution in [3.8, 4) is 0 Å². The normalized spacial score (nSPS) is 15.3. The van der Waals surface area contributed by atoms with E-state index >= 15 is 0 Å². The molecule has 4 heteroatoms. The van der Waals surface area contributed by atoms with Crippen LogP contribution in [-0.4, -0.2) is 11.1 Å². The summed E-state index contributed by atoms with van der Waals surface area (Å²) < 4.78 is 5.40. The summed E-state index contributed by atoms with van der Waals surface area (Å²) in [6.07, 6.45) is 5.00. The Morgan fingerprint density at radius 2 is 2.05 bits per heavy atom. The smallest absolute Gasteiger partial charge is 0.227 e. The van der Waals surface area contributed by atoms with Crippen LogP contribution in [0.2, 0.25) is 0 Å². The molecule has 2 aromatic rings. The molecule has 3 rings (SSSR count). The Balaban J connectivity index is 1.64. The highest BCUT2D eigenvalue weighted by Gasteiger charge is 2.23. The van der Waals surface area contributed by atoms with Gasteiger partial charge in [-0.15, -0.1) is 0 Å². The molecule has 0 saturated carbocycles. The van der Waals surface area contributed by atoms with Crippen molar-refractivity contribution in [2.75, 3.05) is 5.32 Å². The summed E-state index contributed by atoms with van der Waals surface area (Å²) >= 11 is 0. The molecule has 1 amide bonds. The number of hydrogen-bond donors (Lipinski definition) is 1. The van der Waals surface area contributed by atoms with E-state index in [2.05, 4.69) is 10.5 Å². The number of hydrogen-bond acceptors (Lipinski definition) is 3. The van der Waals surface area contributed by atoms with Gasteiger partial charge in [0.15, 0.2) is 0 Å².